The number of carbonyl (C=O) groups is 2. The molecule has 0 aliphatic heterocycles. The van der Waals surface area contributed by atoms with Crippen LogP contribution in [-0.4, -0.2) is 35.9 Å². The third kappa shape index (κ3) is 7.86. The molecule has 0 heterocycles. The van der Waals surface area contributed by atoms with Crippen LogP contribution in [-0.2, 0) is 22.6 Å². The molecular formula is C24H30BrClN2O3. The van der Waals surface area contributed by atoms with Gasteiger partial charge in [-0.1, -0.05) is 50.1 Å². The molecule has 1 unspecified atom stereocenters. The molecule has 0 radical (unpaired) electrons. The van der Waals surface area contributed by atoms with Crippen molar-refractivity contribution in [2.75, 3.05) is 13.2 Å². The van der Waals surface area contributed by atoms with Crippen LogP contribution in [0.15, 0.2) is 46.9 Å². The summed E-state index contributed by atoms with van der Waals surface area (Å²) < 4.78 is 6.57. The number of nitrogens with zero attached hydrogens (tertiary/aromatic N) is 1. The molecule has 2 rings (SSSR count). The molecule has 31 heavy (non-hydrogen) atoms. The van der Waals surface area contributed by atoms with Gasteiger partial charge in [-0.15, -0.1) is 0 Å². The number of hydrogen-bond donors (Lipinski definition) is 1. The maximum absolute atomic E-state index is 13.1. The summed E-state index contributed by atoms with van der Waals surface area (Å²) in [6.45, 7) is 6.56. The largest absolute Gasteiger partial charge is 0.483 e. The van der Waals surface area contributed by atoms with Gasteiger partial charge in [-0.25, -0.2) is 0 Å². The zero-order valence-electron chi connectivity index (χ0n) is 18.3. The van der Waals surface area contributed by atoms with E-state index in [1.165, 1.54) is 10.5 Å². The highest BCUT2D eigenvalue weighted by Crippen LogP contribution is 2.26. The van der Waals surface area contributed by atoms with Gasteiger partial charge in [-0.05, 0) is 71.1 Å². The third-order valence-corrected chi connectivity index (χ3v) is 5.85. The average molecular weight is 510 g/mol. The number of nitrogens with one attached hydrogen (secondary N) is 1. The molecule has 0 saturated carbocycles. The fourth-order valence-corrected chi connectivity index (χ4v) is 3.81. The molecule has 0 fully saturated rings. The van der Waals surface area contributed by atoms with Gasteiger partial charge in [-0.2, -0.15) is 0 Å². The van der Waals surface area contributed by atoms with Crippen molar-refractivity contribution in [1.82, 2.24) is 10.2 Å². The van der Waals surface area contributed by atoms with Crippen LogP contribution in [0.25, 0.3) is 0 Å². The van der Waals surface area contributed by atoms with E-state index in [-0.39, 0.29) is 25.0 Å². The second-order valence-electron chi connectivity index (χ2n) is 7.38. The molecule has 168 valence electrons. The summed E-state index contributed by atoms with van der Waals surface area (Å²) in [6.07, 6.45) is 2.79. The Morgan fingerprint density at radius 1 is 1.16 bits per heavy atom. The van der Waals surface area contributed by atoms with Gasteiger partial charge in [0, 0.05) is 18.1 Å². The van der Waals surface area contributed by atoms with Crippen molar-refractivity contribution in [3.8, 4) is 5.75 Å². The minimum absolute atomic E-state index is 0.169. The first-order chi connectivity index (χ1) is 14.8. The number of amides is 2. The van der Waals surface area contributed by atoms with Gasteiger partial charge in [0.15, 0.2) is 6.61 Å². The number of unbranched alkanes of at least 4 members (excludes halogenated alkanes) is 1. The molecule has 7 heteroatoms. The van der Waals surface area contributed by atoms with Gasteiger partial charge in [0.05, 0.1) is 4.47 Å². The van der Waals surface area contributed by atoms with Crippen molar-refractivity contribution in [3.63, 3.8) is 0 Å². The number of aryl methyl sites for hydroxylation is 1. The Morgan fingerprint density at radius 3 is 2.58 bits per heavy atom. The molecule has 0 aromatic heterocycles. The second kappa shape index (κ2) is 12.7. The summed E-state index contributed by atoms with van der Waals surface area (Å²) >= 11 is 9.60. The zero-order valence-corrected chi connectivity index (χ0v) is 20.6. The van der Waals surface area contributed by atoms with E-state index >= 15 is 0 Å². The van der Waals surface area contributed by atoms with Crippen LogP contribution < -0.4 is 10.1 Å². The smallest absolute Gasteiger partial charge is 0.261 e. The summed E-state index contributed by atoms with van der Waals surface area (Å²) in [7, 11) is 0. The van der Waals surface area contributed by atoms with E-state index in [4.69, 9.17) is 16.3 Å². The van der Waals surface area contributed by atoms with Crippen LogP contribution in [0.2, 0.25) is 5.02 Å². The summed E-state index contributed by atoms with van der Waals surface area (Å²) in [6, 6.07) is 12.4. The lowest BCUT2D eigenvalue weighted by Crippen LogP contribution is -2.49. The molecule has 5 nitrogen and oxygen atoms in total. The van der Waals surface area contributed by atoms with Crippen molar-refractivity contribution in [2.24, 2.45) is 0 Å². The Kier molecular flexibility index (Phi) is 10.3. The van der Waals surface area contributed by atoms with Gasteiger partial charge < -0.3 is 15.0 Å². The number of benzene rings is 2. The van der Waals surface area contributed by atoms with Crippen LogP contribution >= 0.6 is 27.5 Å². The van der Waals surface area contributed by atoms with E-state index < -0.39 is 6.04 Å². The minimum Gasteiger partial charge on any atom is -0.483 e. The maximum Gasteiger partial charge on any atom is 0.261 e. The lowest BCUT2D eigenvalue weighted by Gasteiger charge is -2.29. The first kappa shape index (κ1) is 25.2. The number of hydrogen-bond acceptors (Lipinski definition) is 3. The molecule has 1 N–H and O–H groups in total. The second-order valence-corrected chi connectivity index (χ2v) is 8.67. The Balaban J connectivity index is 2.13. The van der Waals surface area contributed by atoms with E-state index in [1.807, 2.05) is 30.3 Å². The number of halogens is 2. The molecule has 2 amide bonds. The lowest BCUT2D eigenvalue weighted by molar-refractivity contribution is -0.142. The van der Waals surface area contributed by atoms with Crippen LogP contribution in [0.5, 0.6) is 5.75 Å². The SMILES string of the molecule is CCCCNC(=O)C(C)N(Cc1cccc(Cl)c1)C(=O)COc1ccc(CC)cc1Br. The van der Waals surface area contributed by atoms with Crippen LogP contribution in [0, 0.1) is 0 Å². The fraction of sp³-hybridized carbons (Fsp3) is 0.417. The predicted octanol–water partition coefficient (Wildman–Crippen LogP) is 5.38. The first-order valence-corrected chi connectivity index (χ1v) is 11.8. The molecule has 0 spiro atoms. The van der Waals surface area contributed by atoms with Gasteiger partial charge in [0.1, 0.15) is 11.8 Å². The van der Waals surface area contributed by atoms with E-state index in [0.717, 1.165) is 29.3 Å². The number of carbonyl (C=O) groups excluding carboxylic acids is 2. The molecular weight excluding hydrogens is 480 g/mol. The standard InChI is InChI=1S/C24H30BrClN2O3/c1-4-6-12-27-24(30)17(3)28(15-19-8-7-9-20(26)13-19)23(29)16-31-22-11-10-18(5-2)14-21(22)25/h7-11,13-14,17H,4-6,12,15-16H2,1-3H3,(H,27,30). The minimum atomic E-state index is -0.641. The zero-order chi connectivity index (χ0) is 22.8. The number of ether oxygens (including phenoxy) is 1. The fourth-order valence-electron chi connectivity index (χ4n) is 3.05. The van der Waals surface area contributed by atoms with Crippen LogP contribution in [0.3, 0.4) is 0 Å². The van der Waals surface area contributed by atoms with Gasteiger partial charge in [-0.3, -0.25) is 9.59 Å². The Labute approximate surface area is 198 Å². The van der Waals surface area contributed by atoms with Crippen molar-refractivity contribution in [2.45, 2.75) is 52.6 Å². The van der Waals surface area contributed by atoms with Gasteiger partial charge in [0.2, 0.25) is 5.91 Å². The van der Waals surface area contributed by atoms with E-state index in [9.17, 15) is 9.59 Å². The van der Waals surface area contributed by atoms with Crippen LogP contribution in [0.4, 0.5) is 0 Å². The van der Waals surface area contributed by atoms with Gasteiger partial charge in [0.25, 0.3) is 5.91 Å². The molecule has 2 aromatic carbocycles. The van der Waals surface area contributed by atoms with E-state index in [1.54, 1.807) is 19.1 Å². The maximum atomic E-state index is 13.1. The van der Waals surface area contributed by atoms with Crippen molar-refractivity contribution in [1.29, 1.82) is 0 Å². The molecule has 2 aromatic rings. The average Bonchev–Trinajstić information content (AvgIpc) is 2.76. The molecule has 0 saturated heterocycles. The third-order valence-electron chi connectivity index (χ3n) is 4.99. The predicted molar refractivity (Wildman–Crippen MR) is 128 cm³/mol. The molecule has 0 aliphatic rings. The molecule has 1 atom stereocenters. The highest BCUT2D eigenvalue weighted by molar-refractivity contribution is 9.10. The first-order valence-electron chi connectivity index (χ1n) is 10.6. The highest BCUT2D eigenvalue weighted by Gasteiger charge is 2.26. The van der Waals surface area contributed by atoms with Gasteiger partial charge >= 0.3 is 0 Å². The summed E-state index contributed by atoms with van der Waals surface area (Å²) in [4.78, 5) is 27.3. The Hall–Kier alpha value is -2.05. The highest BCUT2D eigenvalue weighted by atomic mass is 79.9. The van der Waals surface area contributed by atoms with Crippen molar-refractivity contribution >= 4 is 39.3 Å². The van der Waals surface area contributed by atoms with Crippen LogP contribution in [0.1, 0.15) is 44.7 Å². The molecule has 0 bridgehead atoms. The van der Waals surface area contributed by atoms with E-state index in [2.05, 4.69) is 35.1 Å². The quantitative estimate of drug-likeness (QED) is 0.414. The molecule has 0 aliphatic carbocycles. The topological polar surface area (TPSA) is 58.6 Å². The monoisotopic (exact) mass is 508 g/mol. The van der Waals surface area contributed by atoms with E-state index in [0.29, 0.717) is 17.3 Å². The Bertz CT molecular complexity index is 891. The summed E-state index contributed by atoms with van der Waals surface area (Å²) in [5.41, 5.74) is 2.02. The number of rotatable bonds is 11. The Morgan fingerprint density at radius 2 is 1.94 bits per heavy atom. The lowest BCUT2D eigenvalue weighted by atomic mass is 10.1. The summed E-state index contributed by atoms with van der Waals surface area (Å²) in [5.74, 6) is 0.134. The van der Waals surface area contributed by atoms with Crippen molar-refractivity contribution in [3.05, 3.63) is 63.1 Å². The summed E-state index contributed by atoms with van der Waals surface area (Å²) in [5, 5.41) is 3.49. The normalized spacial score (nSPS) is 11.6. The van der Waals surface area contributed by atoms with Crippen molar-refractivity contribution < 1.29 is 14.3 Å².